The maximum absolute atomic E-state index is 5.91. The van der Waals surface area contributed by atoms with Crippen LogP contribution in [0.2, 0.25) is 5.02 Å². The Kier molecular flexibility index (Phi) is 7.69. The van der Waals surface area contributed by atoms with Crippen LogP contribution in [0.5, 0.6) is 0 Å². The normalized spacial score (nSPS) is 16.7. The van der Waals surface area contributed by atoms with Crippen LogP contribution in [0.1, 0.15) is 31.7 Å². The maximum Gasteiger partial charge on any atom is 0.193 e. The van der Waals surface area contributed by atoms with E-state index in [1.807, 2.05) is 19.2 Å². The molecule has 1 heterocycles. The third kappa shape index (κ3) is 6.04. The molecule has 1 N–H and O–H groups in total. The minimum Gasteiger partial charge on any atom is -0.378 e. The van der Waals surface area contributed by atoms with E-state index in [0.717, 1.165) is 62.9 Å². The van der Waals surface area contributed by atoms with E-state index >= 15 is 0 Å². The molecule has 1 aliphatic heterocycles. The molecular weight excluding hydrogens is 310 g/mol. The molecule has 5 heteroatoms. The Bertz CT molecular complexity index is 482. The van der Waals surface area contributed by atoms with Gasteiger partial charge in [0.25, 0.3) is 0 Å². The molecule has 0 unspecified atom stereocenters. The van der Waals surface area contributed by atoms with E-state index in [1.54, 1.807) is 0 Å². The number of nitrogens with one attached hydrogen (secondary N) is 1. The third-order valence-electron chi connectivity index (χ3n) is 4.19. The fourth-order valence-corrected chi connectivity index (χ4v) is 3.07. The van der Waals surface area contributed by atoms with Gasteiger partial charge in [-0.25, -0.2) is 0 Å². The molecule has 0 bridgehead atoms. The Hall–Kier alpha value is -1.26. The molecule has 0 atom stereocenters. The van der Waals surface area contributed by atoms with E-state index in [0.29, 0.717) is 6.10 Å². The minimum absolute atomic E-state index is 0.416. The first-order chi connectivity index (χ1) is 11.2. The quantitative estimate of drug-likeness (QED) is 0.491. The number of likely N-dealkylation sites (tertiary alicyclic amines) is 1. The zero-order valence-electron chi connectivity index (χ0n) is 14.2. The van der Waals surface area contributed by atoms with Gasteiger partial charge in [0.05, 0.1) is 6.10 Å². The first kappa shape index (κ1) is 18.1. The standard InChI is InChI=1S/C18H28ClN3O/c1-3-23-17-10-13-22(14-11-17)18(20-2)21-12-4-5-15-6-8-16(19)9-7-15/h6-9,17H,3-5,10-14H2,1-2H3,(H,20,21). The Morgan fingerprint density at radius 1 is 1.30 bits per heavy atom. The molecule has 1 fully saturated rings. The van der Waals surface area contributed by atoms with Crippen LogP contribution in [-0.2, 0) is 11.2 Å². The fourth-order valence-electron chi connectivity index (χ4n) is 2.95. The van der Waals surface area contributed by atoms with Gasteiger partial charge in [0.2, 0.25) is 0 Å². The van der Waals surface area contributed by atoms with E-state index < -0.39 is 0 Å². The lowest BCUT2D eigenvalue weighted by atomic mass is 10.1. The van der Waals surface area contributed by atoms with Gasteiger partial charge in [-0.2, -0.15) is 0 Å². The molecule has 0 aromatic heterocycles. The molecule has 0 aliphatic carbocycles. The van der Waals surface area contributed by atoms with Crippen molar-refractivity contribution in [1.82, 2.24) is 10.2 Å². The van der Waals surface area contributed by atoms with Crippen LogP contribution >= 0.6 is 11.6 Å². The first-order valence-electron chi connectivity index (χ1n) is 8.54. The molecule has 1 aromatic carbocycles. The average Bonchev–Trinajstić information content (AvgIpc) is 2.58. The fraction of sp³-hybridized carbons (Fsp3) is 0.611. The predicted octanol–water partition coefficient (Wildman–Crippen LogP) is 3.35. The largest absolute Gasteiger partial charge is 0.378 e. The molecule has 23 heavy (non-hydrogen) atoms. The summed E-state index contributed by atoms with van der Waals surface area (Å²) in [5.74, 6) is 1.01. The minimum atomic E-state index is 0.416. The van der Waals surface area contributed by atoms with Crippen LogP contribution in [0.15, 0.2) is 29.3 Å². The van der Waals surface area contributed by atoms with Crippen molar-refractivity contribution < 1.29 is 4.74 Å². The molecule has 0 amide bonds. The summed E-state index contributed by atoms with van der Waals surface area (Å²) in [7, 11) is 1.86. The lowest BCUT2D eigenvalue weighted by Gasteiger charge is -2.34. The van der Waals surface area contributed by atoms with Crippen LogP contribution in [0.4, 0.5) is 0 Å². The van der Waals surface area contributed by atoms with Gasteiger partial charge in [-0.1, -0.05) is 23.7 Å². The van der Waals surface area contributed by atoms with Gasteiger partial charge in [-0.15, -0.1) is 0 Å². The van der Waals surface area contributed by atoms with Crippen molar-refractivity contribution in [3.05, 3.63) is 34.9 Å². The van der Waals surface area contributed by atoms with Gasteiger partial charge in [0.15, 0.2) is 5.96 Å². The number of ether oxygens (including phenoxy) is 1. The van der Waals surface area contributed by atoms with E-state index in [4.69, 9.17) is 16.3 Å². The maximum atomic E-state index is 5.91. The Morgan fingerprint density at radius 3 is 2.61 bits per heavy atom. The summed E-state index contributed by atoms with van der Waals surface area (Å²) in [6.45, 7) is 5.83. The number of hydrogen-bond acceptors (Lipinski definition) is 2. The smallest absolute Gasteiger partial charge is 0.193 e. The van der Waals surface area contributed by atoms with Gasteiger partial charge in [0, 0.05) is 38.3 Å². The zero-order chi connectivity index (χ0) is 16.5. The van der Waals surface area contributed by atoms with Gasteiger partial charge >= 0.3 is 0 Å². The van der Waals surface area contributed by atoms with E-state index in [-0.39, 0.29) is 0 Å². The molecule has 0 spiro atoms. The second-order valence-electron chi connectivity index (χ2n) is 5.85. The van der Waals surface area contributed by atoms with Crippen molar-refractivity contribution in [2.24, 2.45) is 4.99 Å². The first-order valence-corrected chi connectivity index (χ1v) is 8.92. The number of piperidine rings is 1. The van der Waals surface area contributed by atoms with Crippen molar-refractivity contribution in [3.8, 4) is 0 Å². The van der Waals surface area contributed by atoms with E-state index in [1.165, 1.54) is 5.56 Å². The molecule has 0 radical (unpaired) electrons. The Labute approximate surface area is 144 Å². The van der Waals surface area contributed by atoms with Crippen molar-refractivity contribution in [1.29, 1.82) is 0 Å². The Balaban J connectivity index is 1.68. The highest BCUT2D eigenvalue weighted by Gasteiger charge is 2.21. The van der Waals surface area contributed by atoms with Crippen molar-refractivity contribution in [3.63, 3.8) is 0 Å². The average molecular weight is 338 g/mol. The molecular formula is C18H28ClN3O. The van der Waals surface area contributed by atoms with Crippen LogP contribution in [0.3, 0.4) is 0 Å². The molecule has 128 valence electrons. The monoisotopic (exact) mass is 337 g/mol. The lowest BCUT2D eigenvalue weighted by molar-refractivity contribution is 0.0264. The SMILES string of the molecule is CCOC1CCN(C(=NC)NCCCc2ccc(Cl)cc2)CC1. The summed E-state index contributed by atoms with van der Waals surface area (Å²) in [4.78, 5) is 6.74. The molecule has 1 aromatic rings. The van der Waals surface area contributed by atoms with Crippen LogP contribution in [-0.4, -0.2) is 50.3 Å². The second kappa shape index (κ2) is 9.78. The molecule has 1 aliphatic rings. The Morgan fingerprint density at radius 2 is 2.00 bits per heavy atom. The van der Waals surface area contributed by atoms with Crippen molar-refractivity contribution >= 4 is 17.6 Å². The lowest BCUT2D eigenvalue weighted by Crippen LogP contribution is -2.47. The second-order valence-corrected chi connectivity index (χ2v) is 6.28. The third-order valence-corrected chi connectivity index (χ3v) is 4.45. The highest BCUT2D eigenvalue weighted by molar-refractivity contribution is 6.30. The van der Waals surface area contributed by atoms with Crippen LogP contribution < -0.4 is 5.32 Å². The number of aliphatic imine (C=N–C) groups is 1. The molecule has 4 nitrogen and oxygen atoms in total. The van der Waals surface area contributed by atoms with E-state index in [9.17, 15) is 0 Å². The number of halogens is 1. The van der Waals surface area contributed by atoms with E-state index in [2.05, 4.69) is 34.3 Å². The topological polar surface area (TPSA) is 36.9 Å². The highest BCUT2D eigenvalue weighted by atomic mass is 35.5. The molecule has 0 saturated carbocycles. The highest BCUT2D eigenvalue weighted by Crippen LogP contribution is 2.14. The summed E-state index contributed by atoms with van der Waals surface area (Å²) >= 11 is 5.91. The van der Waals surface area contributed by atoms with Crippen LogP contribution in [0, 0.1) is 0 Å². The van der Waals surface area contributed by atoms with Gasteiger partial charge < -0.3 is 15.0 Å². The summed E-state index contributed by atoms with van der Waals surface area (Å²) in [5, 5.41) is 4.27. The number of aryl methyl sites for hydroxylation is 1. The number of rotatable bonds is 6. The summed E-state index contributed by atoms with van der Waals surface area (Å²) < 4.78 is 5.70. The molecule has 1 saturated heterocycles. The van der Waals surface area contributed by atoms with Crippen LogP contribution in [0.25, 0.3) is 0 Å². The van der Waals surface area contributed by atoms with Gasteiger partial charge in [0.1, 0.15) is 0 Å². The summed E-state index contributed by atoms with van der Waals surface area (Å²) in [6.07, 6.45) is 4.71. The summed E-state index contributed by atoms with van der Waals surface area (Å²) in [5.41, 5.74) is 1.32. The number of benzene rings is 1. The van der Waals surface area contributed by atoms with Crippen molar-refractivity contribution in [2.75, 3.05) is 33.3 Å². The number of guanidine groups is 1. The predicted molar refractivity (Wildman–Crippen MR) is 97.4 cm³/mol. The number of nitrogens with zero attached hydrogens (tertiary/aromatic N) is 2. The van der Waals surface area contributed by atoms with Gasteiger partial charge in [-0.3, -0.25) is 4.99 Å². The number of hydrogen-bond donors (Lipinski definition) is 1. The van der Waals surface area contributed by atoms with Gasteiger partial charge in [-0.05, 0) is 50.3 Å². The summed E-state index contributed by atoms with van der Waals surface area (Å²) in [6, 6.07) is 8.09. The zero-order valence-corrected chi connectivity index (χ0v) is 15.0. The van der Waals surface area contributed by atoms with Crippen molar-refractivity contribution in [2.45, 2.75) is 38.7 Å². The molecule has 2 rings (SSSR count).